The highest BCUT2D eigenvalue weighted by Gasteiger charge is 2.45. The van der Waals surface area contributed by atoms with E-state index in [1.165, 1.54) is 0 Å². The summed E-state index contributed by atoms with van der Waals surface area (Å²) in [5.41, 5.74) is 3.81. The summed E-state index contributed by atoms with van der Waals surface area (Å²) in [4.78, 5) is 4.11. The number of ether oxygens (including phenoxy) is 3. The molecule has 2 aromatic heterocycles. The molecule has 11 heteroatoms. The smallest absolute Gasteiger partial charge is 0.238 e. The Labute approximate surface area is 227 Å². The molecule has 212 valence electrons. The van der Waals surface area contributed by atoms with Crippen molar-refractivity contribution in [2.24, 2.45) is 0 Å². The molecule has 4 rings (SSSR count). The van der Waals surface area contributed by atoms with E-state index in [2.05, 4.69) is 20.5 Å². The van der Waals surface area contributed by atoms with Crippen LogP contribution in [0.1, 0.15) is 48.6 Å². The van der Waals surface area contributed by atoms with Crippen molar-refractivity contribution in [1.82, 2.24) is 20.5 Å². The molecule has 0 unspecified atom stereocenters. The topological polar surface area (TPSA) is 162 Å². The van der Waals surface area contributed by atoms with Gasteiger partial charge in [0.1, 0.15) is 30.2 Å². The molecule has 0 spiro atoms. The summed E-state index contributed by atoms with van der Waals surface area (Å²) in [6, 6.07) is 11.8. The van der Waals surface area contributed by atoms with E-state index >= 15 is 0 Å². The molecule has 11 nitrogen and oxygen atoms in total. The van der Waals surface area contributed by atoms with Gasteiger partial charge in [-0.2, -0.15) is 0 Å². The van der Waals surface area contributed by atoms with Gasteiger partial charge in [-0.1, -0.05) is 32.0 Å². The van der Waals surface area contributed by atoms with Crippen LogP contribution >= 0.6 is 0 Å². The maximum absolute atomic E-state index is 10.4. The second-order valence-electron chi connectivity index (χ2n) is 9.95. The highest BCUT2D eigenvalue weighted by Crippen LogP contribution is 2.31. The standard InChI is InChI=1S/C28H38N4O7/c1-17(2)23-21(27(32-31-23)39-28-26(36)25(35)24(34)22(16-33)38-28)13-18-6-8-20(9-7-18)37-12-4-11-30-15-19-5-3-10-29-14-19/h3,5-10,14,17,22,24-26,28,30,33-36H,4,11-13,15-16H2,1-2H3,(H,31,32)/t22-,24-,25+,26-,28+/m1/s1. The Morgan fingerprint density at radius 3 is 2.54 bits per heavy atom. The predicted octanol–water partition coefficient (Wildman–Crippen LogP) is 1.26. The van der Waals surface area contributed by atoms with Crippen molar-refractivity contribution < 1.29 is 34.6 Å². The molecule has 0 bridgehead atoms. The number of hydrogen-bond acceptors (Lipinski definition) is 10. The van der Waals surface area contributed by atoms with Crippen LogP contribution in [0.25, 0.3) is 0 Å². The fourth-order valence-corrected chi connectivity index (χ4v) is 4.41. The summed E-state index contributed by atoms with van der Waals surface area (Å²) in [6.45, 7) is 5.72. The Kier molecular flexibility index (Phi) is 10.3. The summed E-state index contributed by atoms with van der Waals surface area (Å²) in [6.07, 6.45) is -1.90. The number of pyridine rings is 1. The molecule has 3 aromatic rings. The lowest BCUT2D eigenvalue weighted by atomic mass is 9.98. The predicted molar refractivity (Wildman–Crippen MR) is 142 cm³/mol. The van der Waals surface area contributed by atoms with Gasteiger partial charge in [-0.05, 0) is 48.2 Å². The van der Waals surface area contributed by atoms with Crippen molar-refractivity contribution >= 4 is 0 Å². The second kappa shape index (κ2) is 13.8. The Hall–Kier alpha value is -3.06. The molecule has 1 saturated heterocycles. The number of aliphatic hydroxyl groups is 4. The fourth-order valence-electron chi connectivity index (χ4n) is 4.41. The molecule has 1 aliphatic rings. The molecule has 0 amide bonds. The minimum absolute atomic E-state index is 0.119. The molecule has 0 aliphatic carbocycles. The van der Waals surface area contributed by atoms with Gasteiger partial charge in [-0.15, -0.1) is 5.10 Å². The molecule has 1 aliphatic heterocycles. The molecule has 0 radical (unpaired) electrons. The third kappa shape index (κ3) is 7.53. The van der Waals surface area contributed by atoms with Crippen LogP contribution in [0.2, 0.25) is 0 Å². The van der Waals surface area contributed by atoms with Crippen LogP contribution in [0.5, 0.6) is 11.6 Å². The highest BCUT2D eigenvalue weighted by atomic mass is 16.7. The van der Waals surface area contributed by atoms with E-state index in [1.54, 1.807) is 6.20 Å². The van der Waals surface area contributed by atoms with Gasteiger partial charge in [0.15, 0.2) is 0 Å². The number of hydrogen-bond donors (Lipinski definition) is 6. The highest BCUT2D eigenvalue weighted by molar-refractivity contribution is 5.39. The van der Waals surface area contributed by atoms with Crippen molar-refractivity contribution in [3.8, 4) is 11.6 Å². The third-order valence-corrected chi connectivity index (χ3v) is 6.64. The molecule has 39 heavy (non-hydrogen) atoms. The normalized spacial score (nSPS) is 23.2. The lowest BCUT2D eigenvalue weighted by Crippen LogP contribution is -2.60. The minimum Gasteiger partial charge on any atom is -0.494 e. The SMILES string of the molecule is CC(C)c1[nH]nc(O[C@@H]2O[C@H](CO)[C@@H](O)[C@H](O)[C@H]2O)c1Cc1ccc(OCCCNCc2cccnc2)cc1. The van der Waals surface area contributed by atoms with E-state index in [0.717, 1.165) is 47.6 Å². The number of rotatable bonds is 13. The summed E-state index contributed by atoms with van der Waals surface area (Å²) in [7, 11) is 0. The van der Waals surface area contributed by atoms with Crippen LogP contribution in [0.3, 0.4) is 0 Å². The molecule has 0 saturated carbocycles. The number of aromatic nitrogens is 3. The van der Waals surface area contributed by atoms with Crippen LogP contribution in [-0.4, -0.2) is 86.1 Å². The Morgan fingerprint density at radius 2 is 1.85 bits per heavy atom. The Bertz CT molecular complexity index is 1140. The lowest BCUT2D eigenvalue weighted by Gasteiger charge is -2.39. The summed E-state index contributed by atoms with van der Waals surface area (Å²) >= 11 is 0. The van der Waals surface area contributed by atoms with Crippen LogP contribution in [0.15, 0.2) is 48.8 Å². The lowest BCUT2D eigenvalue weighted by molar-refractivity contribution is -0.278. The van der Waals surface area contributed by atoms with Gasteiger partial charge in [-0.25, -0.2) is 0 Å². The van der Waals surface area contributed by atoms with Crippen molar-refractivity contribution in [3.05, 3.63) is 71.2 Å². The fraction of sp³-hybridized carbons (Fsp3) is 0.500. The number of aromatic amines is 1. The average molecular weight is 543 g/mol. The van der Waals surface area contributed by atoms with Crippen molar-refractivity contribution in [2.45, 2.75) is 69.9 Å². The minimum atomic E-state index is -1.53. The first-order valence-electron chi connectivity index (χ1n) is 13.2. The molecule has 1 aromatic carbocycles. The number of nitrogens with one attached hydrogen (secondary N) is 2. The zero-order valence-corrected chi connectivity index (χ0v) is 22.2. The largest absolute Gasteiger partial charge is 0.494 e. The molecule has 1 fully saturated rings. The second-order valence-corrected chi connectivity index (χ2v) is 9.95. The number of H-pyrrole nitrogens is 1. The van der Waals surface area contributed by atoms with Crippen molar-refractivity contribution in [3.63, 3.8) is 0 Å². The van der Waals surface area contributed by atoms with Gasteiger partial charge in [0, 0.05) is 36.6 Å². The Balaban J connectivity index is 1.32. The summed E-state index contributed by atoms with van der Waals surface area (Å²) in [5.74, 6) is 1.12. The van der Waals surface area contributed by atoms with Crippen LogP contribution in [-0.2, 0) is 17.7 Å². The number of nitrogens with zero attached hydrogens (tertiary/aromatic N) is 2. The van der Waals surface area contributed by atoms with Crippen LogP contribution in [0.4, 0.5) is 0 Å². The maximum Gasteiger partial charge on any atom is 0.238 e. The summed E-state index contributed by atoms with van der Waals surface area (Å²) < 4.78 is 17.2. The van der Waals surface area contributed by atoms with E-state index in [-0.39, 0.29) is 11.8 Å². The van der Waals surface area contributed by atoms with E-state index in [9.17, 15) is 20.4 Å². The first-order chi connectivity index (χ1) is 18.9. The molecular weight excluding hydrogens is 504 g/mol. The first-order valence-corrected chi connectivity index (χ1v) is 13.2. The monoisotopic (exact) mass is 542 g/mol. The number of benzene rings is 1. The third-order valence-electron chi connectivity index (χ3n) is 6.64. The van der Waals surface area contributed by atoms with Crippen molar-refractivity contribution in [2.75, 3.05) is 19.8 Å². The zero-order chi connectivity index (χ0) is 27.8. The van der Waals surface area contributed by atoms with Crippen LogP contribution < -0.4 is 14.8 Å². The molecule has 5 atom stereocenters. The van der Waals surface area contributed by atoms with Crippen LogP contribution in [0, 0.1) is 0 Å². The van der Waals surface area contributed by atoms with E-state index in [1.807, 2.05) is 56.4 Å². The molecular formula is C28H38N4O7. The first kappa shape index (κ1) is 28.9. The summed E-state index contributed by atoms with van der Waals surface area (Å²) in [5, 5.41) is 50.6. The zero-order valence-electron chi connectivity index (χ0n) is 22.2. The Morgan fingerprint density at radius 1 is 1.05 bits per heavy atom. The van der Waals surface area contributed by atoms with Gasteiger partial charge < -0.3 is 40.0 Å². The molecule has 3 heterocycles. The molecule has 6 N–H and O–H groups in total. The number of aliphatic hydroxyl groups excluding tert-OH is 4. The van der Waals surface area contributed by atoms with E-state index in [0.29, 0.717) is 13.0 Å². The quantitative estimate of drug-likeness (QED) is 0.173. The van der Waals surface area contributed by atoms with Gasteiger partial charge in [-0.3, -0.25) is 10.1 Å². The van der Waals surface area contributed by atoms with Gasteiger partial charge in [0.25, 0.3) is 0 Å². The van der Waals surface area contributed by atoms with Gasteiger partial charge in [0.2, 0.25) is 12.2 Å². The van der Waals surface area contributed by atoms with Gasteiger partial charge in [0.05, 0.1) is 13.2 Å². The maximum atomic E-state index is 10.4. The van der Waals surface area contributed by atoms with Crippen molar-refractivity contribution in [1.29, 1.82) is 0 Å². The average Bonchev–Trinajstić information content (AvgIpc) is 3.34. The van der Waals surface area contributed by atoms with E-state index in [4.69, 9.17) is 14.2 Å². The van der Waals surface area contributed by atoms with Gasteiger partial charge >= 0.3 is 0 Å². The van der Waals surface area contributed by atoms with E-state index < -0.39 is 37.3 Å².